The second-order valence-corrected chi connectivity index (χ2v) is 5.90. The fourth-order valence-electron chi connectivity index (χ4n) is 2.62. The van der Waals surface area contributed by atoms with E-state index < -0.39 is 0 Å². The van der Waals surface area contributed by atoms with Gasteiger partial charge >= 0.3 is 0 Å². The van der Waals surface area contributed by atoms with Gasteiger partial charge in [-0.25, -0.2) is 4.39 Å². The Morgan fingerprint density at radius 3 is 2.54 bits per heavy atom. The van der Waals surface area contributed by atoms with Crippen LogP contribution in [0.25, 0.3) is 0 Å². The molecule has 0 radical (unpaired) electrons. The molecular weight excluding hydrogens is 327 g/mol. The van der Waals surface area contributed by atoms with Crippen molar-refractivity contribution in [1.82, 2.24) is 4.57 Å². The lowest BCUT2D eigenvalue weighted by atomic mass is 10.0. The molecule has 2 aromatic carbocycles. The third-order valence-corrected chi connectivity index (χ3v) is 3.94. The number of carbonyl (C=O) groups is 1. The lowest BCUT2D eigenvalue weighted by Crippen LogP contribution is -2.19. The maximum absolute atomic E-state index is 13.6. The van der Waals surface area contributed by atoms with Crippen molar-refractivity contribution in [2.24, 2.45) is 0 Å². The molecule has 5 heteroatoms. The van der Waals surface area contributed by atoms with E-state index in [4.69, 9.17) is 11.6 Å². The summed E-state index contributed by atoms with van der Waals surface area (Å²) in [5.41, 5.74) is 1.38. The zero-order chi connectivity index (χ0) is 16.9. The first-order valence-electron chi connectivity index (χ1n) is 7.55. The average Bonchev–Trinajstić information content (AvgIpc) is 3.07. The Morgan fingerprint density at radius 2 is 1.83 bits per heavy atom. The van der Waals surface area contributed by atoms with Gasteiger partial charge in [0.25, 0.3) is 0 Å². The number of benzene rings is 2. The molecule has 0 aliphatic heterocycles. The van der Waals surface area contributed by atoms with Crippen molar-refractivity contribution < 1.29 is 9.18 Å². The van der Waals surface area contributed by atoms with E-state index in [0.717, 1.165) is 5.56 Å². The number of nitrogens with one attached hydrogen (secondary N) is 1. The van der Waals surface area contributed by atoms with Crippen LogP contribution in [0.4, 0.5) is 10.1 Å². The summed E-state index contributed by atoms with van der Waals surface area (Å²) < 4.78 is 15.5. The minimum atomic E-state index is -0.320. The van der Waals surface area contributed by atoms with Gasteiger partial charge in [0.05, 0.1) is 12.5 Å². The Morgan fingerprint density at radius 1 is 1.08 bits per heavy atom. The molecule has 1 N–H and O–H groups in total. The van der Waals surface area contributed by atoms with Crippen molar-refractivity contribution in [1.29, 1.82) is 0 Å². The van der Waals surface area contributed by atoms with Gasteiger partial charge in [-0.15, -0.1) is 0 Å². The predicted molar refractivity (Wildman–Crippen MR) is 93.7 cm³/mol. The molecule has 1 atom stereocenters. The van der Waals surface area contributed by atoms with Crippen LogP contribution in [-0.2, 0) is 4.79 Å². The molecule has 1 heterocycles. The van der Waals surface area contributed by atoms with Gasteiger partial charge in [-0.05, 0) is 48.0 Å². The summed E-state index contributed by atoms with van der Waals surface area (Å²) in [4.78, 5) is 12.4. The van der Waals surface area contributed by atoms with E-state index in [-0.39, 0.29) is 24.2 Å². The van der Waals surface area contributed by atoms with E-state index in [9.17, 15) is 9.18 Å². The predicted octanol–water partition coefficient (Wildman–Crippen LogP) is 4.90. The fourth-order valence-corrected chi connectivity index (χ4v) is 2.81. The monoisotopic (exact) mass is 342 g/mol. The summed E-state index contributed by atoms with van der Waals surface area (Å²) in [5.74, 6) is -0.486. The summed E-state index contributed by atoms with van der Waals surface area (Å²) in [7, 11) is 0. The van der Waals surface area contributed by atoms with Crippen molar-refractivity contribution in [2.75, 3.05) is 5.32 Å². The van der Waals surface area contributed by atoms with Gasteiger partial charge in [0.2, 0.25) is 5.91 Å². The van der Waals surface area contributed by atoms with Crippen LogP contribution in [0.5, 0.6) is 0 Å². The van der Waals surface area contributed by atoms with Gasteiger partial charge in [-0.1, -0.05) is 29.8 Å². The molecule has 3 aromatic rings. The number of rotatable bonds is 5. The van der Waals surface area contributed by atoms with Crippen LogP contribution in [0.2, 0.25) is 5.02 Å². The van der Waals surface area contributed by atoms with E-state index in [0.29, 0.717) is 10.7 Å². The van der Waals surface area contributed by atoms with Gasteiger partial charge in [-0.2, -0.15) is 0 Å². The molecule has 122 valence electrons. The summed E-state index contributed by atoms with van der Waals surface area (Å²) >= 11 is 5.93. The first-order valence-corrected chi connectivity index (χ1v) is 7.93. The van der Waals surface area contributed by atoms with Crippen molar-refractivity contribution >= 4 is 23.2 Å². The third-order valence-electron chi connectivity index (χ3n) is 3.71. The maximum atomic E-state index is 13.6. The van der Waals surface area contributed by atoms with Gasteiger partial charge in [0.1, 0.15) is 5.82 Å². The zero-order valence-corrected chi connectivity index (χ0v) is 13.6. The molecule has 0 saturated heterocycles. The number of hydrogen-bond donors (Lipinski definition) is 1. The summed E-state index contributed by atoms with van der Waals surface area (Å²) in [6, 6.07) is 16.8. The maximum Gasteiger partial charge on any atom is 0.226 e. The highest BCUT2D eigenvalue weighted by Gasteiger charge is 2.18. The lowest BCUT2D eigenvalue weighted by molar-refractivity contribution is -0.116. The number of hydrogen-bond acceptors (Lipinski definition) is 1. The van der Waals surface area contributed by atoms with E-state index in [1.807, 2.05) is 35.2 Å². The van der Waals surface area contributed by atoms with Gasteiger partial charge in [-0.3, -0.25) is 4.79 Å². The van der Waals surface area contributed by atoms with Crippen LogP contribution in [-0.4, -0.2) is 10.5 Å². The molecule has 0 spiro atoms. The third kappa shape index (κ3) is 4.03. The van der Waals surface area contributed by atoms with E-state index in [1.54, 1.807) is 30.3 Å². The highest BCUT2D eigenvalue weighted by Crippen LogP contribution is 2.24. The zero-order valence-electron chi connectivity index (χ0n) is 12.8. The number of anilines is 1. The molecule has 3 nitrogen and oxygen atoms in total. The van der Waals surface area contributed by atoms with Crippen molar-refractivity contribution in [3.05, 3.63) is 89.5 Å². The largest absolute Gasteiger partial charge is 0.346 e. The summed E-state index contributed by atoms with van der Waals surface area (Å²) in [5, 5.41) is 3.38. The SMILES string of the molecule is O=C(C[C@H](c1cccc(F)c1)n1cccc1)Nc1cccc(Cl)c1. The standard InChI is InChI=1S/C19H16ClFN2O/c20-15-6-4-8-17(12-15)22-19(24)13-18(23-9-1-2-10-23)14-5-3-7-16(21)11-14/h1-12,18H,13H2,(H,22,24)/t18-/m1/s1. The molecule has 0 aliphatic rings. The smallest absolute Gasteiger partial charge is 0.226 e. The molecule has 0 aliphatic carbocycles. The van der Waals surface area contributed by atoms with Crippen LogP contribution in [0.1, 0.15) is 18.0 Å². The van der Waals surface area contributed by atoms with Gasteiger partial charge in [0, 0.05) is 23.1 Å². The van der Waals surface area contributed by atoms with E-state index in [1.165, 1.54) is 12.1 Å². The molecule has 1 aromatic heterocycles. The Labute approximate surface area is 144 Å². The fraction of sp³-hybridized carbons (Fsp3) is 0.105. The molecule has 0 fully saturated rings. The highest BCUT2D eigenvalue weighted by molar-refractivity contribution is 6.30. The molecular formula is C19H16ClFN2O. The van der Waals surface area contributed by atoms with Crippen LogP contribution in [0.15, 0.2) is 73.1 Å². The Balaban J connectivity index is 1.80. The minimum absolute atomic E-state index is 0.166. The first-order chi connectivity index (χ1) is 11.6. The van der Waals surface area contributed by atoms with Gasteiger partial charge in [0.15, 0.2) is 0 Å². The van der Waals surface area contributed by atoms with Crippen molar-refractivity contribution in [3.63, 3.8) is 0 Å². The Kier molecular flexibility index (Phi) is 4.96. The van der Waals surface area contributed by atoms with Crippen LogP contribution >= 0.6 is 11.6 Å². The van der Waals surface area contributed by atoms with E-state index in [2.05, 4.69) is 5.32 Å². The summed E-state index contributed by atoms with van der Waals surface area (Å²) in [6.45, 7) is 0. The lowest BCUT2D eigenvalue weighted by Gasteiger charge is -2.19. The Bertz CT molecular complexity index is 833. The summed E-state index contributed by atoms with van der Waals surface area (Å²) in [6.07, 6.45) is 3.91. The van der Waals surface area contributed by atoms with Crippen LogP contribution < -0.4 is 5.32 Å². The van der Waals surface area contributed by atoms with Gasteiger partial charge < -0.3 is 9.88 Å². The topological polar surface area (TPSA) is 34.0 Å². The second kappa shape index (κ2) is 7.32. The normalized spacial score (nSPS) is 11.9. The molecule has 0 unspecified atom stereocenters. The quantitative estimate of drug-likeness (QED) is 0.703. The first kappa shape index (κ1) is 16.3. The number of halogens is 2. The second-order valence-electron chi connectivity index (χ2n) is 5.46. The van der Waals surface area contributed by atoms with Crippen molar-refractivity contribution in [2.45, 2.75) is 12.5 Å². The number of nitrogens with zero attached hydrogens (tertiary/aromatic N) is 1. The molecule has 24 heavy (non-hydrogen) atoms. The minimum Gasteiger partial charge on any atom is -0.346 e. The highest BCUT2D eigenvalue weighted by atomic mass is 35.5. The van der Waals surface area contributed by atoms with Crippen molar-refractivity contribution in [3.8, 4) is 0 Å². The molecule has 0 saturated carbocycles. The Hall–Kier alpha value is -2.59. The van der Waals surface area contributed by atoms with E-state index >= 15 is 0 Å². The number of carbonyl (C=O) groups excluding carboxylic acids is 1. The van der Waals surface area contributed by atoms with Crippen LogP contribution in [0, 0.1) is 5.82 Å². The van der Waals surface area contributed by atoms with Crippen LogP contribution in [0.3, 0.4) is 0 Å². The molecule has 1 amide bonds. The molecule has 0 bridgehead atoms. The number of amides is 1. The average molecular weight is 343 g/mol. The number of aromatic nitrogens is 1. The molecule has 3 rings (SSSR count).